The summed E-state index contributed by atoms with van der Waals surface area (Å²) < 4.78 is 10.5. The van der Waals surface area contributed by atoms with Gasteiger partial charge in [-0.1, -0.05) is 6.07 Å². The average molecular weight is 422 g/mol. The number of aromatic nitrogens is 2. The topological polar surface area (TPSA) is 73.3 Å². The van der Waals surface area contributed by atoms with Crippen LogP contribution >= 0.6 is 11.8 Å². The Kier molecular flexibility index (Phi) is 7.08. The van der Waals surface area contributed by atoms with Crippen LogP contribution in [0.2, 0.25) is 0 Å². The smallest absolute Gasteiger partial charge is 0.248 e. The molecule has 0 unspecified atom stereocenters. The van der Waals surface area contributed by atoms with E-state index >= 15 is 0 Å². The number of hydrogen-bond acceptors (Lipinski definition) is 6. The molecule has 7 heteroatoms. The maximum atomic E-state index is 12.2. The molecule has 0 aliphatic heterocycles. The lowest BCUT2D eigenvalue weighted by Crippen LogP contribution is -2.07. The highest BCUT2D eigenvalue weighted by molar-refractivity contribution is 7.99. The quantitative estimate of drug-likeness (QED) is 0.431. The summed E-state index contributed by atoms with van der Waals surface area (Å²) in [4.78, 5) is 22.1. The van der Waals surface area contributed by atoms with Crippen LogP contribution in [0.25, 0.3) is 6.08 Å². The predicted molar refractivity (Wildman–Crippen MR) is 119 cm³/mol. The fraction of sp³-hybridized carbons (Fsp3) is 0.174. The Morgan fingerprint density at radius 1 is 0.933 bits per heavy atom. The maximum absolute atomic E-state index is 12.2. The third-order valence-electron chi connectivity index (χ3n) is 4.13. The molecule has 0 radical (unpaired) electrons. The molecule has 0 bridgehead atoms. The molecular weight excluding hydrogens is 398 g/mol. The Bertz CT molecular complexity index is 1050. The van der Waals surface area contributed by atoms with E-state index in [1.165, 1.54) is 17.8 Å². The number of nitrogens with zero attached hydrogens (tertiary/aromatic N) is 2. The van der Waals surface area contributed by atoms with Crippen LogP contribution in [0.15, 0.2) is 64.7 Å². The molecule has 3 aromatic rings. The summed E-state index contributed by atoms with van der Waals surface area (Å²) in [6, 6.07) is 15.0. The molecule has 0 fully saturated rings. The Morgan fingerprint density at radius 3 is 2.23 bits per heavy atom. The first-order valence-corrected chi connectivity index (χ1v) is 10.1. The second-order valence-corrected chi connectivity index (χ2v) is 7.54. The van der Waals surface area contributed by atoms with E-state index in [-0.39, 0.29) is 5.91 Å². The Balaban J connectivity index is 1.61. The molecule has 0 spiro atoms. The minimum atomic E-state index is -0.220. The molecule has 0 aliphatic rings. The number of aryl methyl sites for hydroxylation is 2. The second kappa shape index (κ2) is 9.93. The van der Waals surface area contributed by atoms with Crippen molar-refractivity contribution in [2.45, 2.75) is 23.9 Å². The van der Waals surface area contributed by atoms with Gasteiger partial charge in [-0.25, -0.2) is 9.97 Å². The minimum absolute atomic E-state index is 0.220. The standard InChI is InChI=1S/C23H23N3O3S/c1-15-13-16(2)25-23(24-15)30-19-9-7-18(8-10-19)26-22(27)12-6-17-5-11-20(28-3)21(14-17)29-4/h5-14H,1-4H3,(H,26,27)/b12-6+. The molecule has 3 rings (SSSR count). The van der Waals surface area contributed by atoms with Gasteiger partial charge in [0, 0.05) is 28.0 Å². The molecule has 154 valence electrons. The Morgan fingerprint density at radius 2 is 1.60 bits per heavy atom. The second-order valence-electron chi connectivity index (χ2n) is 6.50. The summed E-state index contributed by atoms with van der Waals surface area (Å²) in [5.41, 5.74) is 3.43. The van der Waals surface area contributed by atoms with Gasteiger partial charge in [-0.15, -0.1) is 0 Å². The number of rotatable bonds is 7. The number of amides is 1. The molecule has 0 aliphatic carbocycles. The molecule has 0 saturated heterocycles. The van der Waals surface area contributed by atoms with Crippen LogP contribution in [0.1, 0.15) is 17.0 Å². The van der Waals surface area contributed by atoms with Crippen molar-refractivity contribution < 1.29 is 14.3 Å². The van der Waals surface area contributed by atoms with Gasteiger partial charge in [-0.05, 0) is 79.7 Å². The number of anilines is 1. The summed E-state index contributed by atoms with van der Waals surface area (Å²) in [6.45, 7) is 3.90. The summed E-state index contributed by atoms with van der Waals surface area (Å²) in [5.74, 6) is 1.03. The van der Waals surface area contributed by atoms with E-state index < -0.39 is 0 Å². The number of ether oxygens (including phenoxy) is 2. The van der Waals surface area contributed by atoms with E-state index in [0.29, 0.717) is 22.3 Å². The Labute approximate surface area is 180 Å². The molecule has 30 heavy (non-hydrogen) atoms. The average Bonchev–Trinajstić information content (AvgIpc) is 2.72. The molecule has 0 atom stereocenters. The van der Waals surface area contributed by atoms with Crippen LogP contribution in [0.4, 0.5) is 5.69 Å². The summed E-state index contributed by atoms with van der Waals surface area (Å²) in [7, 11) is 3.16. The summed E-state index contributed by atoms with van der Waals surface area (Å²) >= 11 is 1.49. The van der Waals surface area contributed by atoms with Crippen molar-refractivity contribution >= 4 is 29.4 Å². The lowest BCUT2D eigenvalue weighted by molar-refractivity contribution is -0.111. The van der Waals surface area contributed by atoms with Crippen molar-refractivity contribution in [3.63, 3.8) is 0 Å². The highest BCUT2D eigenvalue weighted by Crippen LogP contribution is 2.28. The number of methoxy groups -OCH3 is 2. The van der Waals surface area contributed by atoms with Crippen LogP contribution in [0, 0.1) is 13.8 Å². The van der Waals surface area contributed by atoms with Crippen LogP contribution in [-0.2, 0) is 4.79 Å². The summed E-state index contributed by atoms with van der Waals surface area (Å²) in [5, 5.41) is 3.56. The zero-order valence-electron chi connectivity index (χ0n) is 17.3. The van der Waals surface area contributed by atoms with Gasteiger partial charge in [0.1, 0.15) is 0 Å². The highest BCUT2D eigenvalue weighted by atomic mass is 32.2. The van der Waals surface area contributed by atoms with Crippen molar-refractivity contribution in [2.24, 2.45) is 0 Å². The van der Waals surface area contributed by atoms with Crippen LogP contribution in [-0.4, -0.2) is 30.1 Å². The molecule has 1 N–H and O–H groups in total. The first kappa shape index (κ1) is 21.4. The monoisotopic (exact) mass is 421 g/mol. The van der Waals surface area contributed by atoms with Gasteiger partial charge in [0.2, 0.25) is 5.91 Å². The lowest BCUT2D eigenvalue weighted by atomic mass is 10.2. The zero-order valence-corrected chi connectivity index (χ0v) is 18.1. The van der Waals surface area contributed by atoms with Gasteiger partial charge in [0.05, 0.1) is 14.2 Å². The van der Waals surface area contributed by atoms with Crippen molar-refractivity contribution in [1.29, 1.82) is 0 Å². The normalized spacial score (nSPS) is 10.8. The number of nitrogens with one attached hydrogen (secondary N) is 1. The van der Waals surface area contributed by atoms with E-state index in [4.69, 9.17) is 9.47 Å². The first-order valence-electron chi connectivity index (χ1n) is 9.28. The summed E-state index contributed by atoms with van der Waals surface area (Å²) in [6.07, 6.45) is 3.20. The number of hydrogen-bond donors (Lipinski definition) is 1. The van der Waals surface area contributed by atoms with Gasteiger partial charge < -0.3 is 14.8 Å². The van der Waals surface area contributed by atoms with Gasteiger partial charge in [0.25, 0.3) is 0 Å². The van der Waals surface area contributed by atoms with Gasteiger partial charge in [-0.2, -0.15) is 0 Å². The van der Waals surface area contributed by atoms with Crippen molar-refractivity contribution in [1.82, 2.24) is 9.97 Å². The van der Waals surface area contributed by atoms with Crippen molar-refractivity contribution in [2.75, 3.05) is 19.5 Å². The third kappa shape index (κ3) is 5.84. The fourth-order valence-corrected chi connectivity index (χ4v) is 3.63. The van der Waals surface area contributed by atoms with Crippen LogP contribution < -0.4 is 14.8 Å². The van der Waals surface area contributed by atoms with Crippen molar-refractivity contribution in [3.05, 3.63) is 71.6 Å². The fourth-order valence-electron chi connectivity index (χ4n) is 2.76. The molecule has 1 amide bonds. The zero-order chi connectivity index (χ0) is 21.5. The van der Waals surface area contributed by atoms with Gasteiger partial charge in [0.15, 0.2) is 16.7 Å². The predicted octanol–water partition coefficient (Wildman–Crippen LogP) is 4.91. The largest absolute Gasteiger partial charge is 0.493 e. The molecule has 1 aromatic heterocycles. The maximum Gasteiger partial charge on any atom is 0.248 e. The molecule has 6 nitrogen and oxygen atoms in total. The van der Waals surface area contributed by atoms with Crippen LogP contribution in [0.5, 0.6) is 11.5 Å². The number of carbonyl (C=O) groups excluding carboxylic acids is 1. The number of carbonyl (C=O) groups is 1. The van der Waals surface area contributed by atoms with Crippen molar-refractivity contribution in [3.8, 4) is 11.5 Å². The van der Waals surface area contributed by atoms with Crippen LogP contribution in [0.3, 0.4) is 0 Å². The van der Waals surface area contributed by atoms with E-state index in [0.717, 1.165) is 21.8 Å². The molecule has 1 heterocycles. The third-order valence-corrected chi connectivity index (χ3v) is 5.00. The lowest BCUT2D eigenvalue weighted by Gasteiger charge is -2.07. The van der Waals surface area contributed by atoms with E-state index in [9.17, 15) is 4.79 Å². The highest BCUT2D eigenvalue weighted by Gasteiger charge is 2.05. The van der Waals surface area contributed by atoms with E-state index in [1.54, 1.807) is 26.4 Å². The molecule has 2 aromatic carbocycles. The van der Waals surface area contributed by atoms with E-state index in [1.807, 2.05) is 56.3 Å². The molecular formula is C23H23N3O3S. The first-order chi connectivity index (χ1) is 14.5. The van der Waals surface area contributed by atoms with Gasteiger partial charge in [-0.3, -0.25) is 4.79 Å². The SMILES string of the molecule is COc1ccc(/C=C/C(=O)Nc2ccc(Sc3nc(C)cc(C)n3)cc2)cc1OC. The van der Waals surface area contributed by atoms with Gasteiger partial charge >= 0.3 is 0 Å². The Hall–Kier alpha value is -3.32. The minimum Gasteiger partial charge on any atom is -0.493 e. The number of benzene rings is 2. The molecule has 0 saturated carbocycles. The van der Waals surface area contributed by atoms with E-state index in [2.05, 4.69) is 15.3 Å².